The molecule has 3 heterocycles. The quantitative estimate of drug-likeness (QED) is 0.380. The number of likely N-dealkylation sites (tertiary alicyclic amines) is 1. The molecule has 0 saturated carbocycles. The minimum atomic E-state index is -0.0974. The molecule has 25 heavy (non-hydrogen) atoms. The number of aromatic nitrogens is 3. The second kappa shape index (κ2) is 9.15. The molecule has 3 N–H and O–H groups in total. The third-order valence-corrected chi connectivity index (χ3v) is 4.95. The van der Waals surface area contributed by atoms with E-state index in [2.05, 4.69) is 32.5 Å². The van der Waals surface area contributed by atoms with Gasteiger partial charge >= 0.3 is 0 Å². The van der Waals surface area contributed by atoms with Crippen molar-refractivity contribution in [1.29, 1.82) is 0 Å². The van der Waals surface area contributed by atoms with E-state index in [1.165, 1.54) is 0 Å². The highest BCUT2D eigenvalue weighted by Crippen LogP contribution is 2.11. The maximum Gasteiger partial charge on any atom is 0.191 e. The second-order valence-electron chi connectivity index (χ2n) is 6.93. The molecule has 1 aromatic heterocycles. The van der Waals surface area contributed by atoms with Crippen LogP contribution in [-0.2, 0) is 13.0 Å². The van der Waals surface area contributed by atoms with Crippen LogP contribution in [0.4, 0.5) is 0 Å². The molecule has 1 fully saturated rings. The molecule has 2 aliphatic rings. The Morgan fingerprint density at radius 3 is 3.00 bits per heavy atom. The average molecular weight is 349 g/mol. The first-order valence-electron chi connectivity index (χ1n) is 9.56. The summed E-state index contributed by atoms with van der Waals surface area (Å²) in [7, 11) is 0. The summed E-state index contributed by atoms with van der Waals surface area (Å²) in [6.07, 6.45) is 6.40. The van der Waals surface area contributed by atoms with Gasteiger partial charge in [-0.2, -0.15) is 5.10 Å². The molecule has 2 aliphatic heterocycles. The van der Waals surface area contributed by atoms with Gasteiger partial charge in [0.2, 0.25) is 0 Å². The van der Waals surface area contributed by atoms with Gasteiger partial charge in [0.15, 0.2) is 5.96 Å². The minimum Gasteiger partial charge on any atom is -0.393 e. The van der Waals surface area contributed by atoms with Crippen LogP contribution < -0.4 is 10.6 Å². The van der Waals surface area contributed by atoms with Gasteiger partial charge in [-0.15, -0.1) is 0 Å². The summed E-state index contributed by atoms with van der Waals surface area (Å²) in [6, 6.07) is 0.343. The van der Waals surface area contributed by atoms with Crippen molar-refractivity contribution in [3.05, 3.63) is 12.2 Å². The molecular formula is C17H31N7O. The number of hydrogen-bond donors (Lipinski definition) is 3. The molecule has 0 spiro atoms. The summed E-state index contributed by atoms with van der Waals surface area (Å²) in [5.41, 5.74) is 0. The van der Waals surface area contributed by atoms with Gasteiger partial charge in [-0.1, -0.05) is 0 Å². The summed E-state index contributed by atoms with van der Waals surface area (Å²) in [5.74, 6) is 1.97. The maximum atomic E-state index is 9.56. The number of rotatable bonds is 6. The molecule has 3 rings (SSSR count). The van der Waals surface area contributed by atoms with Crippen LogP contribution in [0.15, 0.2) is 11.3 Å². The van der Waals surface area contributed by atoms with E-state index in [0.29, 0.717) is 6.04 Å². The fraction of sp³-hybridized carbons (Fsp3) is 0.824. The van der Waals surface area contributed by atoms with Crippen molar-refractivity contribution in [2.24, 2.45) is 4.99 Å². The number of guanidine groups is 1. The van der Waals surface area contributed by atoms with E-state index in [0.717, 1.165) is 83.2 Å². The van der Waals surface area contributed by atoms with Crippen molar-refractivity contribution < 1.29 is 5.11 Å². The van der Waals surface area contributed by atoms with E-state index in [-0.39, 0.29) is 6.10 Å². The highest BCUT2D eigenvalue weighted by Gasteiger charge is 2.20. The topological polar surface area (TPSA) is 90.6 Å². The smallest absolute Gasteiger partial charge is 0.191 e. The molecular weight excluding hydrogens is 318 g/mol. The largest absolute Gasteiger partial charge is 0.393 e. The highest BCUT2D eigenvalue weighted by molar-refractivity contribution is 5.80. The number of aryl methyl sites for hydroxylation is 1. The van der Waals surface area contributed by atoms with E-state index in [1.807, 2.05) is 4.68 Å². The molecule has 0 aliphatic carbocycles. The molecule has 1 aromatic rings. The standard InChI is InChI=1S/C17H31N7O/c1-2-18-17(19-8-3-9-23-10-6-15(25)7-11-23)22-14-4-5-16-20-13-21-24(16)12-14/h13-15,25H,2-12H2,1H3,(H2,18,19,22). The zero-order valence-electron chi connectivity index (χ0n) is 15.2. The molecule has 1 unspecified atom stereocenters. The van der Waals surface area contributed by atoms with E-state index in [9.17, 15) is 5.11 Å². The predicted octanol–water partition coefficient (Wildman–Crippen LogP) is -0.00520. The SMILES string of the molecule is CCNC(=NCCCN1CCC(O)CC1)NC1CCc2ncnn2C1. The average Bonchev–Trinajstić information content (AvgIpc) is 3.08. The number of aliphatic hydroxyl groups excluding tert-OH is 1. The molecule has 0 aromatic carbocycles. The minimum absolute atomic E-state index is 0.0974. The fourth-order valence-corrected chi connectivity index (χ4v) is 3.50. The highest BCUT2D eigenvalue weighted by atomic mass is 16.3. The predicted molar refractivity (Wildman–Crippen MR) is 97.5 cm³/mol. The Morgan fingerprint density at radius 2 is 2.20 bits per heavy atom. The Balaban J connectivity index is 1.42. The molecule has 0 bridgehead atoms. The Bertz CT molecular complexity index is 551. The normalized spacial score (nSPS) is 22.6. The van der Waals surface area contributed by atoms with Crippen molar-refractivity contribution in [1.82, 2.24) is 30.3 Å². The van der Waals surface area contributed by atoms with Crippen LogP contribution in [0.1, 0.15) is 38.4 Å². The van der Waals surface area contributed by atoms with Crippen LogP contribution in [0.2, 0.25) is 0 Å². The number of piperidine rings is 1. The van der Waals surface area contributed by atoms with Gasteiger partial charge in [0, 0.05) is 38.6 Å². The van der Waals surface area contributed by atoms with Crippen LogP contribution >= 0.6 is 0 Å². The van der Waals surface area contributed by atoms with Gasteiger partial charge in [-0.25, -0.2) is 9.67 Å². The van der Waals surface area contributed by atoms with Gasteiger partial charge in [0.05, 0.1) is 12.6 Å². The lowest BCUT2D eigenvalue weighted by Gasteiger charge is -2.29. The molecule has 8 nitrogen and oxygen atoms in total. The van der Waals surface area contributed by atoms with Crippen molar-refractivity contribution in [3.8, 4) is 0 Å². The summed E-state index contributed by atoms with van der Waals surface area (Å²) in [4.78, 5) is 11.4. The van der Waals surface area contributed by atoms with Gasteiger partial charge in [-0.05, 0) is 39.2 Å². The second-order valence-corrected chi connectivity index (χ2v) is 6.93. The fourth-order valence-electron chi connectivity index (χ4n) is 3.50. The number of aliphatic imine (C=N–C) groups is 1. The number of hydrogen-bond acceptors (Lipinski definition) is 5. The Labute approximate surface area is 149 Å². The lowest BCUT2D eigenvalue weighted by molar-refractivity contribution is 0.0824. The maximum absolute atomic E-state index is 9.56. The molecule has 0 amide bonds. The molecule has 8 heteroatoms. The molecule has 0 radical (unpaired) electrons. The lowest BCUT2D eigenvalue weighted by Crippen LogP contribution is -2.47. The van der Waals surface area contributed by atoms with E-state index >= 15 is 0 Å². The van der Waals surface area contributed by atoms with E-state index in [1.54, 1.807) is 6.33 Å². The van der Waals surface area contributed by atoms with Crippen LogP contribution in [0.3, 0.4) is 0 Å². The van der Waals surface area contributed by atoms with Gasteiger partial charge in [-0.3, -0.25) is 4.99 Å². The van der Waals surface area contributed by atoms with Crippen molar-refractivity contribution in [2.45, 2.75) is 57.7 Å². The Morgan fingerprint density at radius 1 is 1.36 bits per heavy atom. The summed E-state index contributed by atoms with van der Waals surface area (Å²) >= 11 is 0. The van der Waals surface area contributed by atoms with Crippen LogP contribution in [0.25, 0.3) is 0 Å². The van der Waals surface area contributed by atoms with Gasteiger partial charge in [0.25, 0.3) is 0 Å². The monoisotopic (exact) mass is 349 g/mol. The third kappa shape index (κ3) is 5.40. The zero-order valence-corrected chi connectivity index (χ0v) is 15.2. The third-order valence-electron chi connectivity index (χ3n) is 4.95. The van der Waals surface area contributed by atoms with Crippen molar-refractivity contribution in [2.75, 3.05) is 32.7 Å². The summed E-state index contributed by atoms with van der Waals surface area (Å²) in [5, 5.41) is 20.7. The van der Waals surface area contributed by atoms with Crippen LogP contribution in [0.5, 0.6) is 0 Å². The van der Waals surface area contributed by atoms with Gasteiger partial charge < -0.3 is 20.6 Å². The number of aliphatic hydroxyl groups is 1. The summed E-state index contributed by atoms with van der Waals surface area (Å²) in [6.45, 7) is 7.67. The van der Waals surface area contributed by atoms with E-state index < -0.39 is 0 Å². The zero-order chi connectivity index (χ0) is 17.5. The summed E-state index contributed by atoms with van der Waals surface area (Å²) < 4.78 is 1.98. The van der Waals surface area contributed by atoms with Crippen molar-refractivity contribution >= 4 is 5.96 Å². The lowest BCUT2D eigenvalue weighted by atomic mass is 10.1. The molecule has 1 atom stereocenters. The van der Waals surface area contributed by atoms with Crippen molar-refractivity contribution in [3.63, 3.8) is 0 Å². The Kier molecular flexibility index (Phi) is 6.63. The number of nitrogens with zero attached hydrogens (tertiary/aromatic N) is 5. The first kappa shape index (κ1) is 18.1. The number of nitrogens with one attached hydrogen (secondary N) is 2. The number of fused-ring (bicyclic) bond motifs is 1. The van der Waals surface area contributed by atoms with E-state index in [4.69, 9.17) is 4.99 Å². The van der Waals surface area contributed by atoms with Crippen LogP contribution in [-0.4, -0.2) is 75.6 Å². The van der Waals surface area contributed by atoms with Gasteiger partial charge in [0.1, 0.15) is 12.2 Å². The first-order chi connectivity index (χ1) is 12.2. The first-order valence-corrected chi connectivity index (χ1v) is 9.56. The molecule has 1 saturated heterocycles. The molecule has 140 valence electrons. The Hall–Kier alpha value is -1.67. The van der Waals surface area contributed by atoms with Crippen LogP contribution in [0, 0.1) is 0 Å².